The van der Waals surface area contributed by atoms with Crippen molar-refractivity contribution in [1.29, 1.82) is 5.26 Å². The van der Waals surface area contributed by atoms with Gasteiger partial charge in [-0.1, -0.05) is 31.4 Å². The van der Waals surface area contributed by atoms with E-state index in [1.54, 1.807) is 0 Å². The molecule has 2 N–H and O–H groups in total. The van der Waals surface area contributed by atoms with Crippen LogP contribution in [0.4, 0.5) is 0 Å². The standard InChI is InChI=1S/C21H31N5/c1-23-21(24-16-18-9-7-17(15-22)8-10-18)25-19-11-13-26(14-12-19)20-5-3-2-4-6-20/h7-10,19-20H,2-6,11-14,16H2,1H3,(H2,23,24,25). The molecule has 0 atom stereocenters. The van der Waals surface area contributed by atoms with Crippen molar-refractivity contribution < 1.29 is 0 Å². The summed E-state index contributed by atoms with van der Waals surface area (Å²) in [5.41, 5.74) is 1.85. The molecule has 0 radical (unpaired) electrons. The molecule has 0 aromatic heterocycles. The van der Waals surface area contributed by atoms with Crippen molar-refractivity contribution >= 4 is 5.96 Å². The van der Waals surface area contributed by atoms with Crippen molar-refractivity contribution in [2.24, 2.45) is 4.99 Å². The highest BCUT2D eigenvalue weighted by Gasteiger charge is 2.26. The van der Waals surface area contributed by atoms with Crippen LogP contribution in [-0.4, -0.2) is 43.1 Å². The number of aliphatic imine (C=N–C) groups is 1. The van der Waals surface area contributed by atoms with Gasteiger partial charge in [0.25, 0.3) is 0 Å². The summed E-state index contributed by atoms with van der Waals surface area (Å²) < 4.78 is 0. The monoisotopic (exact) mass is 353 g/mol. The summed E-state index contributed by atoms with van der Waals surface area (Å²) in [6.07, 6.45) is 9.42. The van der Waals surface area contributed by atoms with Gasteiger partial charge in [0, 0.05) is 38.8 Å². The van der Waals surface area contributed by atoms with E-state index in [1.807, 2.05) is 31.3 Å². The summed E-state index contributed by atoms with van der Waals surface area (Å²) in [6.45, 7) is 3.12. The largest absolute Gasteiger partial charge is 0.354 e. The van der Waals surface area contributed by atoms with Gasteiger partial charge in [0.05, 0.1) is 11.6 Å². The number of nitrogens with one attached hydrogen (secondary N) is 2. The molecule has 0 spiro atoms. The van der Waals surface area contributed by atoms with Gasteiger partial charge < -0.3 is 15.5 Å². The smallest absolute Gasteiger partial charge is 0.191 e. The molecular formula is C21H31N5. The predicted octanol–water partition coefficient (Wildman–Crippen LogP) is 3.02. The van der Waals surface area contributed by atoms with Crippen molar-refractivity contribution in [3.63, 3.8) is 0 Å². The van der Waals surface area contributed by atoms with Crippen LogP contribution < -0.4 is 10.6 Å². The van der Waals surface area contributed by atoms with Crippen molar-refractivity contribution in [3.05, 3.63) is 35.4 Å². The first-order valence-electron chi connectivity index (χ1n) is 9.99. The van der Waals surface area contributed by atoms with Crippen molar-refractivity contribution in [2.45, 2.75) is 63.6 Å². The second-order valence-corrected chi connectivity index (χ2v) is 7.48. The molecule has 0 amide bonds. The van der Waals surface area contributed by atoms with Crippen molar-refractivity contribution in [2.75, 3.05) is 20.1 Å². The number of guanidine groups is 1. The Labute approximate surface area is 157 Å². The molecule has 2 aliphatic rings. The molecule has 1 aliphatic heterocycles. The zero-order valence-electron chi connectivity index (χ0n) is 15.9. The zero-order valence-corrected chi connectivity index (χ0v) is 15.9. The maximum absolute atomic E-state index is 8.87. The van der Waals surface area contributed by atoms with Crippen LogP contribution in [0, 0.1) is 11.3 Å². The molecule has 1 heterocycles. The van der Waals surface area contributed by atoms with E-state index in [4.69, 9.17) is 5.26 Å². The predicted molar refractivity (Wildman–Crippen MR) is 106 cm³/mol. The number of nitrogens with zero attached hydrogens (tertiary/aromatic N) is 3. The number of hydrogen-bond acceptors (Lipinski definition) is 3. The lowest BCUT2D eigenvalue weighted by Crippen LogP contribution is -2.50. The van der Waals surface area contributed by atoms with E-state index in [1.165, 1.54) is 58.0 Å². The number of hydrogen-bond donors (Lipinski definition) is 2. The van der Waals surface area contributed by atoms with Gasteiger partial charge in [-0.25, -0.2) is 0 Å². The van der Waals surface area contributed by atoms with Gasteiger partial charge in [-0.3, -0.25) is 4.99 Å². The number of nitriles is 1. The average Bonchev–Trinajstić information content (AvgIpc) is 2.72. The summed E-state index contributed by atoms with van der Waals surface area (Å²) in [7, 11) is 1.82. The van der Waals surface area contributed by atoms with Gasteiger partial charge in [-0.2, -0.15) is 5.26 Å². The van der Waals surface area contributed by atoms with Crippen LogP contribution in [0.15, 0.2) is 29.3 Å². The highest BCUT2D eigenvalue weighted by atomic mass is 15.2. The minimum atomic E-state index is 0.502. The summed E-state index contributed by atoms with van der Waals surface area (Å²) in [5, 5.41) is 15.8. The minimum absolute atomic E-state index is 0.502. The van der Waals surface area contributed by atoms with Crippen LogP contribution in [0.25, 0.3) is 0 Å². The Morgan fingerprint density at radius 2 is 1.81 bits per heavy atom. The number of likely N-dealkylation sites (tertiary alicyclic amines) is 1. The highest BCUT2D eigenvalue weighted by molar-refractivity contribution is 5.79. The lowest BCUT2D eigenvalue weighted by atomic mass is 9.92. The fourth-order valence-electron chi connectivity index (χ4n) is 4.13. The molecule has 0 bridgehead atoms. The third kappa shape index (κ3) is 5.22. The lowest BCUT2D eigenvalue weighted by Gasteiger charge is -2.39. The van der Waals surface area contributed by atoms with Gasteiger partial charge in [0.1, 0.15) is 0 Å². The molecule has 26 heavy (non-hydrogen) atoms. The summed E-state index contributed by atoms with van der Waals surface area (Å²) >= 11 is 0. The quantitative estimate of drug-likeness (QED) is 0.645. The Hall–Kier alpha value is -2.06. The maximum Gasteiger partial charge on any atom is 0.191 e. The van der Waals surface area contributed by atoms with Gasteiger partial charge in [0.15, 0.2) is 5.96 Å². The summed E-state index contributed by atoms with van der Waals surface area (Å²) in [5.74, 6) is 0.866. The SMILES string of the molecule is CN=C(NCc1ccc(C#N)cc1)NC1CCN(C2CCCCC2)CC1. The van der Waals surface area contributed by atoms with Crippen molar-refractivity contribution in [3.8, 4) is 6.07 Å². The van der Waals surface area contributed by atoms with Gasteiger partial charge >= 0.3 is 0 Å². The molecule has 5 heteroatoms. The number of piperidine rings is 1. The first kappa shape index (κ1) is 18.7. The van der Waals surface area contributed by atoms with Gasteiger partial charge in [0.2, 0.25) is 0 Å². The molecule has 1 aliphatic carbocycles. The Morgan fingerprint density at radius 3 is 2.42 bits per heavy atom. The topological polar surface area (TPSA) is 63.5 Å². The molecule has 3 rings (SSSR count). The third-order valence-corrected chi connectivity index (χ3v) is 5.73. The Kier molecular flexibility index (Phi) is 6.90. The van der Waals surface area contributed by atoms with Crippen LogP contribution in [0.2, 0.25) is 0 Å². The molecule has 2 fully saturated rings. The normalized spacial score (nSPS) is 20.5. The zero-order chi connectivity index (χ0) is 18.2. The van der Waals surface area contributed by atoms with Crippen LogP contribution in [0.3, 0.4) is 0 Å². The van der Waals surface area contributed by atoms with E-state index in [-0.39, 0.29) is 0 Å². The van der Waals surface area contributed by atoms with Gasteiger partial charge in [-0.05, 0) is 43.4 Å². The first-order valence-corrected chi connectivity index (χ1v) is 9.99. The van der Waals surface area contributed by atoms with Crippen LogP contribution in [-0.2, 0) is 6.54 Å². The molecular weight excluding hydrogens is 322 g/mol. The fraction of sp³-hybridized carbons (Fsp3) is 0.619. The third-order valence-electron chi connectivity index (χ3n) is 5.73. The van der Waals surface area contributed by atoms with Gasteiger partial charge in [-0.15, -0.1) is 0 Å². The lowest BCUT2D eigenvalue weighted by molar-refractivity contribution is 0.119. The van der Waals surface area contributed by atoms with E-state index < -0.39 is 0 Å². The Balaban J connectivity index is 1.41. The van der Waals surface area contributed by atoms with E-state index in [2.05, 4.69) is 26.6 Å². The molecule has 5 nitrogen and oxygen atoms in total. The minimum Gasteiger partial charge on any atom is -0.354 e. The molecule has 1 saturated carbocycles. The molecule has 1 saturated heterocycles. The Bertz CT molecular complexity index is 617. The number of benzene rings is 1. The maximum atomic E-state index is 8.87. The number of rotatable bonds is 4. The second-order valence-electron chi connectivity index (χ2n) is 7.48. The van der Waals surface area contributed by atoms with E-state index in [9.17, 15) is 0 Å². The Morgan fingerprint density at radius 1 is 1.12 bits per heavy atom. The van der Waals surface area contributed by atoms with E-state index in [0.717, 1.165) is 17.6 Å². The summed E-state index contributed by atoms with van der Waals surface area (Å²) in [6, 6.07) is 11.2. The summed E-state index contributed by atoms with van der Waals surface area (Å²) in [4.78, 5) is 7.08. The second kappa shape index (κ2) is 9.59. The first-order chi connectivity index (χ1) is 12.8. The highest BCUT2D eigenvalue weighted by Crippen LogP contribution is 2.25. The van der Waals surface area contributed by atoms with E-state index in [0.29, 0.717) is 18.2 Å². The van der Waals surface area contributed by atoms with Crippen LogP contribution in [0.5, 0.6) is 0 Å². The average molecular weight is 354 g/mol. The van der Waals surface area contributed by atoms with E-state index >= 15 is 0 Å². The molecule has 1 aromatic rings. The van der Waals surface area contributed by atoms with Crippen LogP contribution in [0.1, 0.15) is 56.1 Å². The molecule has 140 valence electrons. The van der Waals surface area contributed by atoms with Crippen LogP contribution >= 0.6 is 0 Å². The fourth-order valence-corrected chi connectivity index (χ4v) is 4.13. The molecule has 0 unspecified atom stereocenters. The molecule has 1 aromatic carbocycles. The van der Waals surface area contributed by atoms with Crippen molar-refractivity contribution in [1.82, 2.24) is 15.5 Å².